The quantitative estimate of drug-likeness (QED) is 0.199. The zero-order valence-electron chi connectivity index (χ0n) is 14.2. The average Bonchev–Trinajstić information content (AvgIpc) is 3.18. The molecule has 1 saturated heterocycles. The number of carbonyl (C=O) groups excluding carboxylic acids is 2. The molecule has 25 heavy (non-hydrogen) atoms. The Morgan fingerprint density at radius 3 is 2.80 bits per heavy atom. The number of imide groups is 1. The molecule has 0 spiro atoms. The van der Waals surface area contributed by atoms with Crippen LogP contribution in [0.4, 0.5) is 4.79 Å². The normalized spacial score (nSPS) is 16.9. The summed E-state index contributed by atoms with van der Waals surface area (Å²) in [5.41, 5.74) is -1.04. The number of carbonyl (C=O) groups is 2. The molecular formula is C15H24IN5O3S. The molecule has 1 atom stereocenters. The van der Waals surface area contributed by atoms with E-state index in [-0.39, 0.29) is 55.5 Å². The van der Waals surface area contributed by atoms with E-state index in [1.807, 2.05) is 24.4 Å². The van der Waals surface area contributed by atoms with E-state index in [1.54, 1.807) is 6.92 Å². The number of guanidine groups is 1. The topological polar surface area (TPSA) is 106 Å². The van der Waals surface area contributed by atoms with Crippen molar-refractivity contribution in [3.8, 4) is 0 Å². The maximum Gasteiger partial charge on any atom is 0.324 e. The number of halogens is 1. The summed E-state index contributed by atoms with van der Waals surface area (Å²) in [6.45, 7) is 5.21. The number of nitrogens with one attached hydrogen (secondary N) is 3. The second-order valence-electron chi connectivity index (χ2n) is 5.58. The Bertz CT molecular complexity index is 590. The summed E-state index contributed by atoms with van der Waals surface area (Å²) in [7, 11) is 0. The second kappa shape index (κ2) is 9.92. The van der Waals surface area contributed by atoms with Gasteiger partial charge in [-0.2, -0.15) is 0 Å². The van der Waals surface area contributed by atoms with E-state index in [2.05, 4.69) is 20.9 Å². The first-order valence-electron chi connectivity index (χ1n) is 7.81. The Morgan fingerprint density at radius 2 is 2.24 bits per heavy atom. The third-order valence-electron chi connectivity index (χ3n) is 3.51. The number of aliphatic imine (C=N–C) groups is 1. The first kappa shape index (κ1) is 21.6. The van der Waals surface area contributed by atoms with Gasteiger partial charge in [0.15, 0.2) is 5.96 Å². The van der Waals surface area contributed by atoms with Crippen LogP contribution in [0.25, 0.3) is 0 Å². The largest absolute Gasteiger partial charge is 0.383 e. The van der Waals surface area contributed by atoms with Gasteiger partial charge in [0.2, 0.25) is 5.91 Å². The lowest BCUT2D eigenvalue weighted by Gasteiger charge is -2.21. The number of rotatable bonds is 7. The van der Waals surface area contributed by atoms with E-state index >= 15 is 0 Å². The molecule has 8 nitrogen and oxygen atoms in total. The van der Waals surface area contributed by atoms with Crippen LogP contribution in [-0.4, -0.2) is 60.6 Å². The Kier molecular flexibility index (Phi) is 8.59. The first-order valence-corrected chi connectivity index (χ1v) is 8.68. The lowest BCUT2D eigenvalue weighted by atomic mass is 10.1. The number of aliphatic hydroxyl groups is 1. The molecule has 2 rings (SSSR count). The minimum Gasteiger partial charge on any atom is -0.383 e. The maximum absolute atomic E-state index is 11.5. The molecular weight excluding hydrogens is 457 g/mol. The summed E-state index contributed by atoms with van der Waals surface area (Å²) in [6, 6.07) is 3.39. The number of hydrogen-bond acceptors (Lipinski definition) is 5. The van der Waals surface area contributed by atoms with Crippen molar-refractivity contribution in [1.82, 2.24) is 20.9 Å². The van der Waals surface area contributed by atoms with Crippen LogP contribution in [-0.2, 0) is 10.4 Å². The molecule has 1 aromatic rings. The van der Waals surface area contributed by atoms with Crippen LogP contribution in [0.2, 0.25) is 0 Å². The van der Waals surface area contributed by atoms with E-state index in [0.29, 0.717) is 19.0 Å². The summed E-state index contributed by atoms with van der Waals surface area (Å²) in [5.74, 6) is 0.297. The van der Waals surface area contributed by atoms with E-state index in [0.717, 1.165) is 4.88 Å². The lowest BCUT2D eigenvalue weighted by Crippen LogP contribution is -2.43. The highest BCUT2D eigenvalue weighted by atomic mass is 127. The Balaban J connectivity index is 0.00000312. The van der Waals surface area contributed by atoms with Gasteiger partial charge in [-0.15, -0.1) is 35.3 Å². The molecule has 0 radical (unpaired) electrons. The van der Waals surface area contributed by atoms with E-state index in [1.165, 1.54) is 16.2 Å². The molecule has 0 saturated carbocycles. The molecule has 1 aliphatic heterocycles. The van der Waals surface area contributed by atoms with Gasteiger partial charge in [-0.3, -0.25) is 9.69 Å². The van der Waals surface area contributed by atoms with Crippen LogP contribution in [0.3, 0.4) is 0 Å². The van der Waals surface area contributed by atoms with Crippen LogP contribution in [0.1, 0.15) is 18.7 Å². The van der Waals surface area contributed by atoms with Gasteiger partial charge in [0.25, 0.3) is 0 Å². The minimum absolute atomic E-state index is 0. The van der Waals surface area contributed by atoms with Crippen molar-refractivity contribution in [3.05, 3.63) is 22.4 Å². The van der Waals surface area contributed by atoms with Gasteiger partial charge in [-0.25, -0.2) is 9.79 Å². The highest BCUT2D eigenvalue weighted by Crippen LogP contribution is 2.25. The fourth-order valence-electron chi connectivity index (χ4n) is 2.21. The standard InChI is InChI=1S/C15H23N5O3S.HI/c1-3-16-13(17-6-7-20-12(21)9-18-14(20)22)19-10-15(2,23)11-5-4-8-24-11;/h4-5,8,23H,3,6-7,9-10H2,1-2H3,(H,18,22)(H2,16,17,19);1H. The van der Waals surface area contributed by atoms with Gasteiger partial charge in [0, 0.05) is 24.5 Å². The molecule has 0 bridgehead atoms. The van der Waals surface area contributed by atoms with Crippen molar-refractivity contribution >= 4 is 53.2 Å². The monoisotopic (exact) mass is 481 g/mol. The molecule has 140 valence electrons. The van der Waals surface area contributed by atoms with Crippen LogP contribution in [0.5, 0.6) is 0 Å². The van der Waals surface area contributed by atoms with Gasteiger partial charge in [0.05, 0.1) is 13.1 Å². The number of amides is 3. The zero-order valence-corrected chi connectivity index (χ0v) is 17.4. The van der Waals surface area contributed by atoms with Crippen molar-refractivity contribution in [2.45, 2.75) is 19.4 Å². The van der Waals surface area contributed by atoms with Crippen molar-refractivity contribution < 1.29 is 14.7 Å². The highest BCUT2D eigenvalue weighted by Gasteiger charge is 2.28. The van der Waals surface area contributed by atoms with Crippen molar-refractivity contribution in [2.24, 2.45) is 4.99 Å². The summed E-state index contributed by atoms with van der Waals surface area (Å²) in [4.78, 5) is 29.4. The number of thiophene rings is 1. The molecule has 0 aromatic carbocycles. The summed E-state index contributed by atoms with van der Waals surface area (Å²) in [6.07, 6.45) is 0. The van der Waals surface area contributed by atoms with Gasteiger partial charge < -0.3 is 21.1 Å². The smallest absolute Gasteiger partial charge is 0.324 e. The van der Waals surface area contributed by atoms with E-state index in [9.17, 15) is 14.7 Å². The predicted molar refractivity (Wildman–Crippen MR) is 108 cm³/mol. The SMILES string of the molecule is CCNC(=NCC(C)(O)c1cccs1)NCCN1C(=O)CNC1=O.I. The maximum atomic E-state index is 11.5. The summed E-state index contributed by atoms with van der Waals surface area (Å²) in [5, 5.41) is 21.0. The Hall–Kier alpha value is -1.40. The number of urea groups is 1. The molecule has 1 aliphatic rings. The fraction of sp³-hybridized carbons (Fsp3) is 0.533. The molecule has 3 amide bonds. The summed E-state index contributed by atoms with van der Waals surface area (Å²) < 4.78 is 0. The molecule has 10 heteroatoms. The van der Waals surface area contributed by atoms with E-state index < -0.39 is 5.60 Å². The average molecular weight is 481 g/mol. The molecule has 1 fully saturated rings. The molecule has 4 N–H and O–H groups in total. The molecule has 1 aromatic heterocycles. The fourth-order valence-corrected chi connectivity index (χ4v) is 2.98. The minimum atomic E-state index is -1.04. The second-order valence-corrected chi connectivity index (χ2v) is 6.52. The highest BCUT2D eigenvalue weighted by molar-refractivity contribution is 14.0. The Labute approximate surface area is 168 Å². The van der Waals surface area contributed by atoms with E-state index in [4.69, 9.17) is 0 Å². The lowest BCUT2D eigenvalue weighted by molar-refractivity contribution is -0.124. The molecule has 0 aliphatic carbocycles. The van der Waals surface area contributed by atoms with Crippen molar-refractivity contribution in [1.29, 1.82) is 0 Å². The van der Waals surface area contributed by atoms with Crippen LogP contribution in [0, 0.1) is 0 Å². The van der Waals surface area contributed by atoms with Crippen molar-refractivity contribution in [2.75, 3.05) is 32.7 Å². The molecule has 2 heterocycles. The van der Waals surface area contributed by atoms with Gasteiger partial charge in [-0.05, 0) is 25.3 Å². The van der Waals surface area contributed by atoms with Gasteiger partial charge in [0.1, 0.15) is 5.60 Å². The number of nitrogens with zero attached hydrogens (tertiary/aromatic N) is 2. The zero-order chi connectivity index (χ0) is 17.6. The van der Waals surface area contributed by atoms with Crippen LogP contribution in [0.15, 0.2) is 22.5 Å². The van der Waals surface area contributed by atoms with Crippen LogP contribution < -0.4 is 16.0 Å². The Morgan fingerprint density at radius 1 is 1.48 bits per heavy atom. The third kappa shape index (κ3) is 6.12. The third-order valence-corrected chi connectivity index (χ3v) is 4.63. The van der Waals surface area contributed by atoms with Gasteiger partial charge in [-0.1, -0.05) is 6.07 Å². The molecule has 1 unspecified atom stereocenters. The van der Waals surface area contributed by atoms with Crippen molar-refractivity contribution in [3.63, 3.8) is 0 Å². The first-order chi connectivity index (χ1) is 11.4. The van der Waals surface area contributed by atoms with Crippen LogP contribution >= 0.6 is 35.3 Å². The predicted octanol–water partition coefficient (Wildman–Crippen LogP) is 0.680. The van der Waals surface area contributed by atoms with Gasteiger partial charge >= 0.3 is 6.03 Å². The summed E-state index contributed by atoms with van der Waals surface area (Å²) >= 11 is 1.48. The number of hydrogen-bond donors (Lipinski definition) is 4.